The van der Waals surface area contributed by atoms with Crippen molar-refractivity contribution in [2.45, 2.75) is 30.8 Å². The number of fused-ring (bicyclic) bond motifs is 1. The number of sulfonamides is 1. The molecule has 152 valence electrons. The fourth-order valence-electron chi connectivity index (χ4n) is 3.90. The molecular formula is C22H24FN2O3S+. The Kier molecular flexibility index (Phi) is 5.54. The van der Waals surface area contributed by atoms with Gasteiger partial charge in [-0.15, -0.1) is 0 Å². The summed E-state index contributed by atoms with van der Waals surface area (Å²) in [7, 11) is -3.76. The average molecular weight is 416 g/mol. The van der Waals surface area contributed by atoms with Crippen molar-refractivity contribution in [1.82, 2.24) is 4.72 Å². The molecule has 1 aliphatic rings. The molecule has 2 aromatic carbocycles. The van der Waals surface area contributed by atoms with E-state index in [1.54, 1.807) is 13.2 Å². The predicted molar refractivity (Wildman–Crippen MR) is 107 cm³/mol. The number of benzene rings is 2. The van der Waals surface area contributed by atoms with E-state index in [0.29, 0.717) is 5.56 Å². The first kappa shape index (κ1) is 19.8. The molecule has 0 fully saturated rings. The van der Waals surface area contributed by atoms with E-state index in [0.717, 1.165) is 25.3 Å². The molecule has 4 rings (SSSR count). The van der Waals surface area contributed by atoms with Gasteiger partial charge in [0, 0.05) is 12.0 Å². The Bertz CT molecular complexity index is 1100. The molecule has 29 heavy (non-hydrogen) atoms. The van der Waals surface area contributed by atoms with Gasteiger partial charge in [0.25, 0.3) is 0 Å². The molecule has 0 radical (unpaired) electrons. The summed E-state index contributed by atoms with van der Waals surface area (Å²) in [6.07, 6.45) is 2.55. The van der Waals surface area contributed by atoms with E-state index in [4.69, 9.17) is 4.42 Å². The highest BCUT2D eigenvalue weighted by atomic mass is 32.2. The fraction of sp³-hybridized carbons (Fsp3) is 0.273. The molecule has 0 amide bonds. The molecule has 0 bridgehead atoms. The fourth-order valence-corrected chi connectivity index (χ4v) is 5.03. The van der Waals surface area contributed by atoms with E-state index in [9.17, 15) is 12.8 Å². The van der Waals surface area contributed by atoms with Crippen LogP contribution in [-0.2, 0) is 23.0 Å². The van der Waals surface area contributed by atoms with Gasteiger partial charge in [0.1, 0.15) is 12.4 Å². The molecule has 0 saturated heterocycles. The van der Waals surface area contributed by atoms with Crippen LogP contribution in [0.3, 0.4) is 0 Å². The van der Waals surface area contributed by atoms with E-state index in [-0.39, 0.29) is 17.5 Å². The van der Waals surface area contributed by atoms with Gasteiger partial charge in [0.15, 0.2) is 11.8 Å². The van der Waals surface area contributed by atoms with Gasteiger partial charge in [0.2, 0.25) is 10.0 Å². The molecule has 7 heteroatoms. The van der Waals surface area contributed by atoms with Crippen LogP contribution >= 0.6 is 0 Å². The number of nitrogens with one attached hydrogen (secondary N) is 2. The minimum atomic E-state index is -3.76. The van der Waals surface area contributed by atoms with E-state index in [2.05, 4.69) is 16.9 Å². The first-order chi connectivity index (χ1) is 13.9. The molecule has 2 heterocycles. The van der Waals surface area contributed by atoms with Crippen molar-refractivity contribution in [2.75, 3.05) is 13.1 Å². The largest absolute Gasteiger partial charge is 0.463 e. The van der Waals surface area contributed by atoms with E-state index in [1.807, 2.05) is 24.3 Å². The summed E-state index contributed by atoms with van der Waals surface area (Å²) in [5.74, 6) is 0.325. The average Bonchev–Trinajstić information content (AvgIpc) is 3.24. The topological polar surface area (TPSA) is 63.8 Å². The number of aryl methyl sites for hydroxylation is 1. The van der Waals surface area contributed by atoms with Crippen LogP contribution in [0.15, 0.2) is 70.2 Å². The molecule has 0 spiro atoms. The second-order valence-corrected chi connectivity index (χ2v) is 9.20. The second kappa shape index (κ2) is 8.10. The van der Waals surface area contributed by atoms with Crippen molar-refractivity contribution < 1.29 is 22.1 Å². The third-order valence-electron chi connectivity index (χ3n) is 5.55. The Morgan fingerprint density at radius 3 is 2.66 bits per heavy atom. The zero-order valence-electron chi connectivity index (χ0n) is 16.2. The molecule has 0 saturated carbocycles. The van der Waals surface area contributed by atoms with Crippen LogP contribution in [0, 0.1) is 12.7 Å². The predicted octanol–water partition coefficient (Wildman–Crippen LogP) is 2.39. The van der Waals surface area contributed by atoms with E-state index < -0.39 is 15.8 Å². The Balaban J connectivity index is 1.55. The first-order valence-electron chi connectivity index (χ1n) is 9.64. The minimum Gasteiger partial charge on any atom is -0.463 e. The lowest BCUT2D eigenvalue weighted by atomic mass is 9.98. The first-order valence-corrected chi connectivity index (χ1v) is 11.1. The third-order valence-corrected chi connectivity index (χ3v) is 6.97. The summed E-state index contributed by atoms with van der Waals surface area (Å²) in [4.78, 5) is 1.31. The maximum absolute atomic E-state index is 13.5. The van der Waals surface area contributed by atoms with Crippen LogP contribution in [0.1, 0.15) is 28.5 Å². The molecule has 3 aromatic rings. The second-order valence-electron chi connectivity index (χ2n) is 7.43. The number of halogens is 1. The minimum absolute atomic E-state index is 0.0635. The smallest absolute Gasteiger partial charge is 0.240 e. The van der Waals surface area contributed by atoms with Crippen LogP contribution in [-0.4, -0.2) is 21.5 Å². The van der Waals surface area contributed by atoms with Crippen LogP contribution in [0.25, 0.3) is 0 Å². The van der Waals surface area contributed by atoms with Gasteiger partial charge in [-0.3, -0.25) is 0 Å². The molecule has 1 aromatic heterocycles. The van der Waals surface area contributed by atoms with Crippen molar-refractivity contribution in [1.29, 1.82) is 0 Å². The zero-order chi connectivity index (χ0) is 20.4. The number of hydrogen-bond donors (Lipinski definition) is 2. The van der Waals surface area contributed by atoms with Gasteiger partial charge in [-0.05, 0) is 48.4 Å². The molecule has 0 aliphatic carbocycles. The quantitative estimate of drug-likeness (QED) is 0.650. The summed E-state index contributed by atoms with van der Waals surface area (Å²) in [5.41, 5.74) is 2.92. The van der Waals surface area contributed by atoms with Gasteiger partial charge in [-0.25, -0.2) is 17.5 Å². The Morgan fingerprint density at radius 2 is 1.93 bits per heavy atom. The lowest BCUT2D eigenvalue weighted by molar-refractivity contribution is -0.946. The zero-order valence-corrected chi connectivity index (χ0v) is 17.0. The standard InChI is InChI=1S/C22H23FN2O3S/c1-16-13-19(8-9-20(16)23)29(26,27)24-14-21(22-7-4-12-28-22)25-11-10-17-5-2-3-6-18(17)15-25/h2-9,12-13,21,24H,10-11,14-15H2,1H3/p+1/t21-/m0/s1. The Hall–Kier alpha value is -2.48. The molecule has 2 N–H and O–H groups in total. The van der Waals surface area contributed by atoms with Gasteiger partial charge >= 0.3 is 0 Å². The highest BCUT2D eigenvalue weighted by Crippen LogP contribution is 2.18. The monoisotopic (exact) mass is 415 g/mol. The maximum atomic E-state index is 13.5. The van der Waals surface area contributed by atoms with Crippen molar-refractivity contribution >= 4 is 10.0 Å². The molecule has 2 atom stereocenters. The Labute approximate surface area is 170 Å². The van der Waals surface area contributed by atoms with E-state index >= 15 is 0 Å². The molecule has 1 unspecified atom stereocenters. The van der Waals surface area contributed by atoms with Gasteiger partial charge in [0.05, 0.1) is 24.2 Å². The van der Waals surface area contributed by atoms with E-state index in [1.165, 1.54) is 34.2 Å². The van der Waals surface area contributed by atoms with Crippen molar-refractivity contribution in [3.8, 4) is 0 Å². The number of rotatable bonds is 6. The lowest BCUT2D eigenvalue weighted by Crippen LogP contribution is -3.12. The summed E-state index contributed by atoms with van der Waals surface area (Å²) in [5, 5.41) is 0. The number of quaternary nitrogens is 1. The summed E-state index contributed by atoms with van der Waals surface area (Å²) >= 11 is 0. The highest BCUT2D eigenvalue weighted by Gasteiger charge is 2.31. The third kappa shape index (κ3) is 4.27. The van der Waals surface area contributed by atoms with Crippen molar-refractivity contribution in [3.63, 3.8) is 0 Å². The summed E-state index contributed by atoms with van der Waals surface area (Å²) < 4.78 is 47.4. The van der Waals surface area contributed by atoms with Crippen LogP contribution in [0.2, 0.25) is 0 Å². The molecule has 1 aliphatic heterocycles. The van der Waals surface area contributed by atoms with Crippen LogP contribution < -0.4 is 9.62 Å². The highest BCUT2D eigenvalue weighted by molar-refractivity contribution is 7.89. The van der Waals surface area contributed by atoms with Crippen LogP contribution in [0.4, 0.5) is 4.39 Å². The van der Waals surface area contributed by atoms with Gasteiger partial charge in [-0.1, -0.05) is 24.3 Å². The van der Waals surface area contributed by atoms with Gasteiger partial charge in [-0.2, -0.15) is 0 Å². The number of hydrogen-bond acceptors (Lipinski definition) is 3. The normalized spacial score (nSPS) is 17.7. The summed E-state index contributed by atoms with van der Waals surface area (Å²) in [6.45, 7) is 3.44. The van der Waals surface area contributed by atoms with Crippen LogP contribution in [0.5, 0.6) is 0 Å². The SMILES string of the molecule is Cc1cc(S(=O)(=O)NC[C@@H](c2ccco2)[NH+]2CCc3ccccc3C2)ccc1F. The summed E-state index contributed by atoms with van der Waals surface area (Å²) in [6, 6.07) is 15.7. The molecule has 5 nitrogen and oxygen atoms in total. The Morgan fingerprint density at radius 1 is 1.14 bits per heavy atom. The van der Waals surface area contributed by atoms with Crippen molar-refractivity contribution in [3.05, 3.63) is 89.1 Å². The van der Waals surface area contributed by atoms with Gasteiger partial charge < -0.3 is 9.32 Å². The maximum Gasteiger partial charge on any atom is 0.240 e. The van der Waals surface area contributed by atoms with Crippen molar-refractivity contribution in [2.24, 2.45) is 0 Å². The lowest BCUT2D eigenvalue weighted by Gasteiger charge is -2.31. The molecular weight excluding hydrogens is 391 g/mol. The number of furan rings is 1.